The zero-order chi connectivity index (χ0) is 14.7. The summed E-state index contributed by atoms with van der Waals surface area (Å²) < 4.78 is 14.8. The van der Waals surface area contributed by atoms with Gasteiger partial charge in [-0.15, -0.1) is 0 Å². The smallest absolute Gasteiger partial charge is 0.255 e. The maximum absolute atomic E-state index is 12.9. The van der Waals surface area contributed by atoms with Crippen LogP contribution in [-0.4, -0.2) is 10.5 Å². The van der Waals surface area contributed by atoms with E-state index in [4.69, 9.17) is 0 Å². The maximum atomic E-state index is 12.9. The largest absolute Gasteiger partial charge is 0.324 e. The molecule has 0 aliphatic carbocycles. The monoisotopic (exact) mass is 280 g/mol. The number of nitrogens with one attached hydrogen (secondary N) is 1. The molecule has 0 spiro atoms. The van der Waals surface area contributed by atoms with Crippen molar-refractivity contribution in [1.29, 1.82) is 0 Å². The lowest BCUT2D eigenvalue weighted by atomic mass is 10.2. The fraction of sp³-hybridized carbons (Fsp3) is 0. The van der Waals surface area contributed by atoms with Gasteiger partial charge in [0.05, 0.1) is 0 Å². The van der Waals surface area contributed by atoms with Crippen LogP contribution in [0, 0.1) is 5.82 Å². The minimum absolute atomic E-state index is 0.264. The van der Waals surface area contributed by atoms with Crippen LogP contribution in [-0.2, 0) is 0 Å². The van der Waals surface area contributed by atoms with Gasteiger partial charge in [-0.3, -0.25) is 4.79 Å². The van der Waals surface area contributed by atoms with Gasteiger partial charge in [0.2, 0.25) is 0 Å². The summed E-state index contributed by atoms with van der Waals surface area (Å²) in [5, 5.41) is 2.81. The van der Waals surface area contributed by atoms with E-state index in [0.29, 0.717) is 11.3 Å². The zero-order valence-electron chi connectivity index (χ0n) is 11.2. The molecule has 0 radical (unpaired) electrons. The van der Waals surface area contributed by atoms with Crippen molar-refractivity contribution in [2.45, 2.75) is 0 Å². The summed E-state index contributed by atoms with van der Waals surface area (Å²) in [6.45, 7) is 0. The lowest BCUT2D eigenvalue weighted by Gasteiger charge is -2.08. The molecule has 0 saturated carbocycles. The Hall–Kier alpha value is -2.88. The second-order valence-electron chi connectivity index (χ2n) is 4.60. The molecule has 3 nitrogen and oxygen atoms in total. The summed E-state index contributed by atoms with van der Waals surface area (Å²) >= 11 is 0. The van der Waals surface area contributed by atoms with Crippen LogP contribution in [0.1, 0.15) is 10.4 Å². The minimum atomic E-state index is -0.360. The first-order valence-electron chi connectivity index (χ1n) is 6.53. The Morgan fingerprint density at radius 2 is 1.67 bits per heavy atom. The van der Waals surface area contributed by atoms with E-state index in [0.717, 1.165) is 5.69 Å². The number of rotatable bonds is 3. The quantitative estimate of drug-likeness (QED) is 0.776. The van der Waals surface area contributed by atoms with E-state index in [1.807, 2.05) is 53.4 Å². The van der Waals surface area contributed by atoms with Gasteiger partial charge in [0, 0.05) is 29.3 Å². The van der Waals surface area contributed by atoms with Crippen molar-refractivity contribution in [2.24, 2.45) is 0 Å². The summed E-state index contributed by atoms with van der Waals surface area (Å²) in [6.07, 6.45) is 3.86. The number of hydrogen-bond donors (Lipinski definition) is 1. The third-order valence-corrected chi connectivity index (χ3v) is 3.11. The number of benzene rings is 2. The average Bonchev–Trinajstić information content (AvgIpc) is 3.02. The third-order valence-electron chi connectivity index (χ3n) is 3.11. The Balaban J connectivity index is 1.80. The number of amides is 1. The molecule has 104 valence electrons. The standard InChI is InChI=1S/C17H13FN2O/c18-14-8-6-13(7-9-14)17(21)19-15-4-3-5-16(12-15)20-10-1-2-11-20/h1-12H,(H,19,21). The van der Waals surface area contributed by atoms with Crippen LogP contribution in [0.5, 0.6) is 0 Å². The topological polar surface area (TPSA) is 34.0 Å². The molecule has 0 unspecified atom stereocenters. The predicted molar refractivity (Wildman–Crippen MR) is 80.1 cm³/mol. The van der Waals surface area contributed by atoms with Gasteiger partial charge < -0.3 is 9.88 Å². The van der Waals surface area contributed by atoms with E-state index in [-0.39, 0.29) is 11.7 Å². The third kappa shape index (κ3) is 3.00. The first kappa shape index (κ1) is 13.1. The molecule has 2 aromatic carbocycles. The molecule has 0 aliphatic heterocycles. The second-order valence-corrected chi connectivity index (χ2v) is 4.60. The van der Waals surface area contributed by atoms with Gasteiger partial charge in [0.15, 0.2) is 0 Å². The molecule has 1 heterocycles. The Bertz CT molecular complexity index is 749. The number of carbonyl (C=O) groups is 1. The summed E-state index contributed by atoms with van der Waals surface area (Å²) in [5.41, 5.74) is 2.06. The van der Waals surface area contributed by atoms with Crippen molar-refractivity contribution in [1.82, 2.24) is 4.57 Å². The molecule has 4 heteroatoms. The summed E-state index contributed by atoms with van der Waals surface area (Å²) in [6, 6.07) is 16.8. The van der Waals surface area contributed by atoms with Crippen LogP contribution >= 0.6 is 0 Å². The average molecular weight is 280 g/mol. The predicted octanol–water partition coefficient (Wildman–Crippen LogP) is 3.87. The van der Waals surface area contributed by atoms with Gasteiger partial charge in [-0.1, -0.05) is 6.07 Å². The van der Waals surface area contributed by atoms with Gasteiger partial charge >= 0.3 is 0 Å². The van der Waals surface area contributed by atoms with Crippen LogP contribution < -0.4 is 5.32 Å². The van der Waals surface area contributed by atoms with Crippen molar-refractivity contribution >= 4 is 11.6 Å². The molecule has 1 aromatic heterocycles. The zero-order valence-corrected chi connectivity index (χ0v) is 11.2. The fourth-order valence-electron chi connectivity index (χ4n) is 2.06. The van der Waals surface area contributed by atoms with Gasteiger partial charge in [-0.25, -0.2) is 4.39 Å². The molecule has 0 bridgehead atoms. The van der Waals surface area contributed by atoms with E-state index in [1.165, 1.54) is 24.3 Å². The van der Waals surface area contributed by atoms with E-state index < -0.39 is 0 Å². The van der Waals surface area contributed by atoms with Gasteiger partial charge in [-0.05, 0) is 54.6 Å². The van der Waals surface area contributed by atoms with Crippen LogP contribution in [0.15, 0.2) is 73.1 Å². The Labute approximate surface area is 121 Å². The van der Waals surface area contributed by atoms with Crippen molar-refractivity contribution < 1.29 is 9.18 Å². The van der Waals surface area contributed by atoms with Crippen molar-refractivity contribution in [3.8, 4) is 5.69 Å². The molecule has 0 saturated heterocycles. The molecule has 1 amide bonds. The van der Waals surface area contributed by atoms with Crippen molar-refractivity contribution in [3.05, 3.63) is 84.4 Å². The van der Waals surface area contributed by atoms with Crippen LogP contribution in [0.3, 0.4) is 0 Å². The normalized spacial score (nSPS) is 10.3. The highest BCUT2D eigenvalue weighted by atomic mass is 19.1. The van der Waals surface area contributed by atoms with Crippen LogP contribution in [0.25, 0.3) is 5.69 Å². The number of nitrogens with zero attached hydrogens (tertiary/aromatic N) is 1. The van der Waals surface area contributed by atoms with E-state index >= 15 is 0 Å². The fourth-order valence-corrected chi connectivity index (χ4v) is 2.06. The van der Waals surface area contributed by atoms with E-state index in [9.17, 15) is 9.18 Å². The van der Waals surface area contributed by atoms with Crippen molar-refractivity contribution in [2.75, 3.05) is 5.32 Å². The lowest BCUT2D eigenvalue weighted by Crippen LogP contribution is -2.12. The van der Waals surface area contributed by atoms with E-state index in [2.05, 4.69) is 5.32 Å². The first-order chi connectivity index (χ1) is 10.2. The number of aromatic nitrogens is 1. The van der Waals surface area contributed by atoms with Gasteiger partial charge in [-0.2, -0.15) is 0 Å². The van der Waals surface area contributed by atoms with Gasteiger partial charge in [0.25, 0.3) is 5.91 Å². The Morgan fingerprint density at radius 3 is 2.38 bits per heavy atom. The van der Waals surface area contributed by atoms with Crippen LogP contribution in [0.4, 0.5) is 10.1 Å². The maximum Gasteiger partial charge on any atom is 0.255 e. The second kappa shape index (κ2) is 5.63. The molecule has 3 rings (SSSR count). The van der Waals surface area contributed by atoms with E-state index in [1.54, 1.807) is 0 Å². The van der Waals surface area contributed by atoms with Gasteiger partial charge in [0.1, 0.15) is 5.82 Å². The summed E-state index contributed by atoms with van der Waals surface area (Å²) in [4.78, 5) is 12.1. The molecule has 3 aromatic rings. The summed E-state index contributed by atoms with van der Waals surface area (Å²) in [5.74, 6) is -0.624. The molecule has 0 aliphatic rings. The molecular formula is C17H13FN2O. The number of hydrogen-bond acceptors (Lipinski definition) is 1. The molecule has 21 heavy (non-hydrogen) atoms. The molecule has 0 atom stereocenters. The molecule has 1 N–H and O–H groups in total. The Morgan fingerprint density at radius 1 is 0.952 bits per heavy atom. The molecular weight excluding hydrogens is 267 g/mol. The highest BCUT2D eigenvalue weighted by molar-refractivity contribution is 6.04. The highest BCUT2D eigenvalue weighted by Gasteiger charge is 2.06. The number of carbonyl (C=O) groups excluding carboxylic acids is 1. The number of halogens is 1. The highest BCUT2D eigenvalue weighted by Crippen LogP contribution is 2.16. The minimum Gasteiger partial charge on any atom is -0.324 e. The van der Waals surface area contributed by atoms with Crippen LogP contribution in [0.2, 0.25) is 0 Å². The lowest BCUT2D eigenvalue weighted by molar-refractivity contribution is 0.102. The van der Waals surface area contributed by atoms with Crippen molar-refractivity contribution in [3.63, 3.8) is 0 Å². The summed E-state index contributed by atoms with van der Waals surface area (Å²) in [7, 11) is 0. The molecule has 0 fully saturated rings. The number of anilines is 1. The SMILES string of the molecule is O=C(Nc1cccc(-n2cccc2)c1)c1ccc(F)cc1. The Kier molecular flexibility index (Phi) is 3.51. The first-order valence-corrected chi connectivity index (χ1v) is 6.53.